The molecule has 1 aliphatic heterocycles. The number of hydrogen-bond acceptors (Lipinski definition) is 6. The number of hydrogen-bond donors (Lipinski definition) is 1. The van der Waals surface area contributed by atoms with Crippen molar-refractivity contribution in [2.24, 2.45) is 0 Å². The Morgan fingerprint density at radius 2 is 1.67 bits per heavy atom. The summed E-state index contributed by atoms with van der Waals surface area (Å²) in [6, 6.07) is 15.7. The number of nitrogens with zero attached hydrogens (tertiary/aromatic N) is 3. The van der Waals surface area contributed by atoms with Crippen LogP contribution in [0.15, 0.2) is 64.9 Å². The SMILES string of the molecule is O=C(c1csc(NS(=O)(=O)c2ccccc2)n1)N1CCN(c2ccccc2Cl)CC1. The molecule has 0 radical (unpaired) electrons. The van der Waals surface area contributed by atoms with Gasteiger partial charge in [-0.1, -0.05) is 41.9 Å². The van der Waals surface area contributed by atoms with Crippen LogP contribution in [0.1, 0.15) is 10.5 Å². The lowest BCUT2D eigenvalue weighted by molar-refractivity contribution is 0.0742. The molecule has 1 fully saturated rings. The summed E-state index contributed by atoms with van der Waals surface area (Å²) in [4.78, 5) is 21.0. The van der Waals surface area contributed by atoms with Crippen LogP contribution in [0.3, 0.4) is 0 Å². The summed E-state index contributed by atoms with van der Waals surface area (Å²) in [5.41, 5.74) is 1.19. The lowest BCUT2D eigenvalue weighted by Crippen LogP contribution is -2.49. The fourth-order valence-electron chi connectivity index (χ4n) is 3.21. The van der Waals surface area contributed by atoms with E-state index in [-0.39, 0.29) is 21.6 Å². The molecule has 3 aromatic rings. The van der Waals surface area contributed by atoms with Gasteiger partial charge in [0.05, 0.1) is 15.6 Å². The maximum Gasteiger partial charge on any atom is 0.273 e. The van der Waals surface area contributed by atoms with Crippen molar-refractivity contribution in [3.05, 3.63) is 70.7 Å². The molecule has 1 N–H and O–H groups in total. The van der Waals surface area contributed by atoms with Crippen molar-refractivity contribution in [1.82, 2.24) is 9.88 Å². The molecular weight excluding hydrogens is 444 g/mol. The molecule has 30 heavy (non-hydrogen) atoms. The molecule has 156 valence electrons. The molecule has 0 aliphatic carbocycles. The fraction of sp³-hybridized carbons (Fsp3) is 0.200. The normalized spacial score (nSPS) is 14.6. The van der Waals surface area contributed by atoms with Gasteiger partial charge in [-0.15, -0.1) is 11.3 Å². The van der Waals surface area contributed by atoms with Crippen molar-refractivity contribution in [3.63, 3.8) is 0 Å². The summed E-state index contributed by atoms with van der Waals surface area (Å²) in [5, 5.41) is 2.43. The first-order valence-corrected chi connectivity index (χ1v) is 12.0. The summed E-state index contributed by atoms with van der Waals surface area (Å²) in [6.07, 6.45) is 0. The van der Waals surface area contributed by atoms with Gasteiger partial charge in [-0.05, 0) is 24.3 Å². The third-order valence-corrected chi connectivity index (χ3v) is 7.32. The van der Waals surface area contributed by atoms with E-state index < -0.39 is 10.0 Å². The smallest absolute Gasteiger partial charge is 0.273 e. The predicted molar refractivity (Wildman–Crippen MR) is 119 cm³/mol. The average molecular weight is 463 g/mol. The second-order valence-corrected chi connectivity index (χ2v) is 9.63. The van der Waals surface area contributed by atoms with Crippen LogP contribution in [0.5, 0.6) is 0 Å². The van der Waals surface area contributed by atoms with Crippen LogP contribution in [0.4, 0.5) is 10.8 Å². The van der Waals surface area contributed by atoms with Gasteiger partial charge in [0.15, 0.2) is 5.13 Å². The Morgan fingerprint density at radius 1 is 1.00 bits per heavy atom. The number of benzene rings is 2. The molecule has 4 rings (SSSR count). The van der Waals surface area contributed by atoms with Gasteiger partial charge >= 0.3 is 0 Å². The standard InChI is InChI=1S/C20H19ClN4O3S2/c21-16-8-4-5-9-18(16)24-10-12-25(13-11-24)19(26)17-14-29-20(22-17)23-30(27,28)15-6-2-1-3-7-15/h1-9,14H,10-13H2,(H,22,23). The van der Waals surface area contributed by atoms with Gasteiger partial charge in [-0.2, -0.15) is 0 Å². The van der Waals surface area contributed by atoms with Crippen LogP contribution in [-0.4, -0.2) is 50.4 Å². The van der Waals surface area contributed by atoms with Gasteiger partial charge in [0, 0.05) is 31.6 Å². The Kier molecular flexibility index (Phi) is 5.94. The third kappa shape index (κ3) is 4.43. The second kappa shape index (κ2) is 8.63. The summed E-state index contributed by atoms with van der Waals surface area (Å²) in [7, 11) is -3.74. The summed E-state index contributed by atoms with van der Waals surface area (Å²) in [5.74, 6) is -0.213. The lowest BCUT2D eigenvalue weighted by atomic mass is 10.2. The molecular formula is C20H19ClN4O3S2. The van der Waals surface area contributed by atoms with Crippen molar-refractivity contribution < 1.29 is 13.2 Å². The largest absolute Gasteiger partial charge is 0.367 e. The first-order chi connectivity index (χ1) is 14.4. The van der Waals surface area contributed by atoms with Gasteiger partial charge < -0.3 is 9.80 Å². The molecule has 2 aromatic carbocycles. The van der Waals surface area contributed by atoms with E-state index in [4.69, 9.17) is 11.6 Å². The molecule has 1 saturated heterocycles. The summed E-state index contributed by atoms with van der Waals surface area (Å²) >= 11 is 7.35. The minimum atomic E-state index is -3.74. The van der Waals surface area contributed by atoms with Gasteiger partial charge in [0.25, 0.3) is 15.9 Å². The highest BCUT2D eigenvalue weighted by atomic mass is 35.5. The second-order valence-electron chi connectivity index (χ2n) is 6.69. The monoisotopic (exact) mass is 462 g/mol. The van der Waals surface area contributed by atoms with Crippen molar-refractivity contribution in [2.45, 2.75) is 4.90 Å². The molecule has 1 aromatic heterocycles. The molecule has 0 spiro atoms. The highest BCUT2D eigenvalue weighted by molar-refractivity contribution is 7.93. The summed E-state index contributed by atoms with van der Waals surface area (Å²) in [6.45, 7) is 2.39. The zero-order valence-corrected chi connectivity index (χ0v) is 18.3. The zero-order valence-electron chi connectivity index (χ0n) is 15.9. The number of anilines is 2. The van der Waals surface area contributed by atoms with E-state index in [1.165, 1.54) is 12.1 Å². The van der Waals surface area contributed by atoms with Gasteiger partial charge in [-0.25, -0.2) is 13.4 Å². The van der Waals surface area contributed by atoms with Crippen LogP contribution in [0, 0.1) is 0 Å². The number of halogens is 1. The number of carbonyl (C=O) groups is 1. The number of para-hydroxylation sites is 1. The number of rotatable bonds is 5. The first-order valence-electron chi connectivity index (χ1n) is 9.26. The Balaban J connectivity index is 1.40. The maximum atomic E-state index is 12.8. The van der Waals surface area contributed by atoms with E-state index in [0.717, 1.165) is 17.0 Å². The van der Waals surface area contributed by atoms with Crippen molar-refractivity contribution in [2.75, 3.05) is 35.8 Å². The molecule has 1 aliphatic rings. The number of piperazine rings is 1. The minimum absolute atomic E-state index is 0.142. The van der Waals surface area contributed by atoms with Crippen LogP contribution >= 0.6 is 22.9 Å². The molecule has 2 heterocycles. The average Bonchev–Trinajstić information content (AvgIpc) is 3.22. The molecule has 7 nitrogen and oxygen atoms in total. The number of amides is 1. The molecule has 0 saturated carbocycles. The van der Waals surface area contributed by atoms with Crippen LogP contribution < -0.4 is 9.62 Å². The Morgan fingerprint density at radius 3 is 2.37 bits per heavy atom. The van der Waals surface area contributed by atoms with Crippen molar-refractivity contribution >= 4 is 49.7 Å². The van der Waals surface area contributed by atoms with E-state index in [2.05, 4.69) is 14.6 Å². The van der Waals surface area contributed by atoms with Crippen LogP contribution in [-0.2, 0) is 10.0 Å². The zero-order chi connectivity index (χ0) is 21.1. The lowest BCUT2D eigenvalue weighted by Gasteiger charge is -2.36. The number of sulfonamides is 1. The number of aromatic nitrogens is 1. The van der Waals surface area contributed by atoms with Gasteiger partial charge in [-0.3, -0.25) is 9.52 Å². The van der Waals surface area contributed by atoms with Gasteiger partial charge in [0.1, 0.15) is 5.69 Å². The maximum absolute atomic E-state index is 12.8. The predicted octanol–water partition coefficient (Wildman–Crippen LogP) is 3.56. The van der Waals surface area contributed by atoms with Crippen LogP contribution in [0.25, 0.3) is 0 Å². The highest BCUT2D eigenvalue weighted by Gasteiger charge is 2.25. The fourth-order valence-corrected chi connectivity index (χ4v) is 5.43. The van der Waals surface area contributed by atoms with E-state index in [1.54, 1.807) is 28.5 Å². The topological polar surface area (TPSA) is 82.6 Å². The Hall–Kier alpha value is -2.62. The van der Waals surface area contributed by atoms with E-state index >= 15 is 0 Å². The molecule has 0 unspecified atom stereocenters. The Labute approximate surface area is 184 Å². The first kappa shape index (κ1) is 20.6. The van der Waals surface area contributed by atoms with Crippen LogP contribution in [0.2, 0.25) is 5.02 Å². The summed E-state index contributed by atoms with van der Waals surface area (Å²) < 4.78 is 27.3. The quantitative estimate of drug-likeness (QED) is 0.626. The van der Waals surface area contributed by atoms with Gasteiger partial charge in [0.2, 0.25) is 0 Å². The number of carbonyl (C=O) groups excluding carboxylic acids is 1. The highest BCUT2D eigenvalue weighted by Crippen LogP contribution is 2.27. The minimum Gasteiger partial charge on any atom is -0.367 e. The van der Waals surface area contributed by atoms with E-state index in [1.807, 2.05) is 24.3 Å². The third-order valence-electron chi connectivity index (χ3n) is 4.76. The molecule has 1 amide bonds. The van der Waals surface area contributed by atoms with E-state index in [0.29, 0.717) is 31.2 Å². The van der Waals surface area contributed by atoms with E-state index in [9.17, 15) is 13.2 Å². The number of nitrogens with one attached hydrogen (secondary N) is 1. The molecule has 0 atom stereocenters. The molecule has 10 heteroatoms. The van der Waals surface area contributed by atoms with Crippen molar-refractivity contribution in [1.29, 1.82) is 0 Å². The van der Waals surface area contributed by atoms with Crippen molar-refractivity contribution in [3.8, 4) is 0 Å². The number of thiazole rings is 1. The Bertz CT molecular complexity index is 1140. The molecule has 0 bridgehead atoms.